The second-order valence-corrected chi connectivity index (χ2v) is 4.16. The smallest absolute Gasteiger partial charge is 0.126 e. The molecule has 0 saturated heterocycles. The zero-order valence-corrected chi connectivity index (χ0v) is 10.4. The van der Waals surface area contributed by atoms with E-state index in [0.717, 1.165) is 5.56 Å². The molecule has 0 fully saturated rings. The van der Waals surface area contributed by atoms with Crippen molar-refractivity contribution in [1.82, 2.24) is 0 Å². The number of ether oxygens (including phenoxy) is 1. The van der Waals surface area contributed by atoms with Gasteiger partial charge in [0.25, 0.3) is 0 Å². The first-order valence-corrected chi connectivity index (χ1v) is 5.60. The van der Waals surface area contributed by atoms with Crippen molar-refractivity contribution >= 4 is 11.6 Å². The molecule has 3 nitrogen and oxygen atoms in total. The first kappa shape index (κ1) is 12.3. The van der Waals surface area contributed by atoms with Gasteiger partial charge in [-0.2, -0.15) is 5.26 Å². The third-order valence-electron chi connectivity index (χ3n) is 2.52. The molecule has 0 spiro atoms. The highest BCUT2D eigenvalue weighted by Gasteiger charge is 2.09. The normalized spacial score (nSPS) is 9.83. The summed E-state index contributed by atoms with van der Waals surface area (Å²) in [6.45, 7) is 0. The van der Waals surface area contributed by atoms with Crippen molar-refractivity contribution in [2.45, 2.75) is 0 Å². The van der Waals surface area contributed by atoms with E-state index in [2.05, 4.69) is 0 Å². The molecule has 2 rings (SSSR count). The predicted octanol–water partition coefficient (Wildman–Crippen LogP) is 3.59. The largest absolute Gasteiger partial charge is 0.508 e. The minimum Gasteiger partial charge on any atom is -0.508 e. The highest BCUT2D eigenvalue weighted by Crippen LogP contribution is 2.34. The van der Waals surface area contributed by atoms with Crippen LogP contribution in [0.25, 0.3) is 11.1 Å². The van der Waals surface area contributed by atoms with Gasteiger partial charge < -0.3 is 9.84 Å². The number of rotatable bonds is 2. The molecule has 0 heterocycles. The first-order chi connectivity index (χ1) is 8.63. The lowest BCUT2D eigenvalue weighted by Crippen LogP contribution is -1.88. The van der Waals surface area contributed by atoms with Crippen LogP contribution < -0.4 is 4.74 Å². The van der Waals surface area contributed by atoms with E-state index in [1.165, 1.54) is 6.07 Å². The maximum Gasteiger partial charge on any atom is 0.126 e. The number of benzene rings is 2. The number of halogens is 1. The molecule has 0 atom stereocenters. The summed E-state index contributed by atoms with van der Waals surface area (Å²) in [4.78, 5) is 0. The van der Waals surface area contributed by atoms with Crippen molar-refractivity contribution in [3.8, 4) is 28.7 Å². The number of hydrogen-bond donors (Lipinski definition) is 1. The van der Waals surface area contributed by atoms with Crippen LogP contribution in [0.3, 0.4) is 0 Å². The summed E-state index contributed by atoms with van der Waals surface area (Å²) in [5.74, 6) is 0.667. The van der Waals surface area contributed by atoms with Crippen molar-refractivity contribution in [3.05, 3.63) is 47.0 Å². The van der Waals surface area contributed by atoms with E-state index >= 15 is 0 Å². The average molecular weight is 260 g/mol. The Balaban J connectivity index is 2.65. The van der Waals surface area contributed by atoms with Gasteiger partial charge in [0.2, 0.25) is 0 Å². The Labute approximate surface area is 110 Å². The zero-order valence-electron chi connectivity index (χ0n) is 9.64. The molecule has 0 amide bonds. The number of methoxy groups -OCH3 is 1. The molecule has 18 heavy (non-hydrogen) atoms. The van der Waals surface area contributed by atoms with Crippen molar-refractivity contribution in [2.75, 3.05) is 7.11 Å². The quantitative estimate of drug-likeness (QED) is 0.897. The fourth-order valence-corrected chi connectivity index (χ4v) is 1.91. The number of nitriles is 1. The van der Waals surface area contributed by atoms with Crippen LogP contribution in [-0.4, -0.2) is 12.2 Å². The van der Waals surface area contributed by atoms with Crippen molar-refractivity contribution in [1.29, 1.82) is 5.26 Å². The molecule has 0 aliphatic heterocycles. The predicted molar refractivity (Wildman–Crippen MR) is 69.8 cm³/mol. The Morgan fingerprint density at radius 3 is 2.67 bits per heavy atom. The van der Waals surface area contributed by atoms with Crippen LogP contribution in [0, 0.1) is 11.3 Å². The van der Waals surface area contributed by atoms with Crippen LogP contribution in [0.1, 0.15) is 5.56 Å². The molecule has 2 aromatic carbocycles. The fraction of sp³-hybridized carbons (Fsp3) is 0.0714. The van der Waals surface area contributed by atoms with Gasteiger partial charge in [0, 0.05) is 10.6 Å². The summed E-state index contributed by atoms with van der Waals surface area (Å²) in [6, 6.07) is 11.8. The van der Waals surface area contributed by atoms with Crippen LogP contribution in [0.5, 0.6) is 11.5 Å². The summed E-state index contributed by atoms with van der Waals surface area (Å²) < 4.78 is 5.24. The van der Waals surface area contributed by atoms with Crippen LogP contribution >= 0.6 is 11.6 Å². The number of nitrogens with zero attached hydrogens (tertiary/aromatic N) is 1. The molecule has 0 saturated carbocycles. The second-order valence-electron chi connectivity index (χ2n) is 3.72. The number of phenols is 1. The van der Waals surface area contributed by atoms with Crippen molar-refractivity contribution in [3.63, 3.8) is 0 Å². The Bertz CT molecular complexity index is 632. The molecule has 90 valence electrons. The summed E-state index contributed by atoms with van der Waals surface area (Å²) in [7, 11) is 1.56. The number of aromatic hydroxyl groups is 1. The van der Waals surface area contributed by atoms with Gasteiger partial charge in [-0.05, 0) is 42.0 Å². The second kappa shape index (κ2) is 4.99. The molecule has 2 aromatic rings. The summed E-state index contributed by atoms with van der Waals surface area (Å²) in [5, 5.41) is 19.1. The van der Waals surface area contributed by atoms with E-state index in [1.807, 2.05) is 6.07 Å². The summed E-state index contributed by atoms with van der Waals surface area (Å²) >= 11 is 5.95. The van der Waals surface area contributed by atoms with Gasteiger partial charge in [-0.25, -0.2) is 0 Å². The molecular formula is C14H10ClNO2. The fourth-order valence-electron chi connectivity index (χ4n) is 1.74. The van der Waals surface area contributed by atoms with Gasteiger partial charge in [-0.1, -0.05) is 11.6 Å². The van der Waals surface area contributed by atoms with Gasteiger partial charge in [0.15, 0.2) is 0 Å². The topological polar surface area (TPSA) is 53.2 Å². The minimum atomic E-state index is 0.0334. The van der Waals surface area contributed by atoms with Crippen LogP contribution in [0.4, 0.5) is 0 Å². The molecular weight excluding hydrogens is 250 g/mol. The van der Waals surface area contributed by atoms with Crippen LogP contribution in [0.2, 0.25) is 5.02 Å². The highest BCUT2D eigenvalue weighted by atomic mass is 35.5. The lowest BCUT2D eigenvalue weighted by Gasteiger charge is -2.09. The molecule has 0 radical (unpaired) electrons. The molecule has 4 heteroatoms. The molecule has 0 bridgehead atoms. The maximum absolute atomic E-state index is 9.59. The van der Waals surface area contributed by atoms with Crippen molar-refractivity contribution in [2.24, 2.45) is 0 Å². The Morgan fingerprint density at radius 2 is 2.00 bits per heavy atom. The van der Waals surface area contributed by atoms with E-state index in [1.54, 1.807) is 37.4 Å². The molecule has 0 unspecified atom stereocenters. The summed E-state index contributed by atoms with van der Waals surface area (Å²) in [5.41, 5.74) is 1.80. The van der Waals surface area contributed by atoms with E-state index in [-0.39, 0.29) is 5.75 Å². The molecule has 0 aliphatic rings. The third kappa shape index (κ3) is 2.39. The Kier molecular flexibility index (Phi) is 3.40. The third-order valence-corrected chi connectivity index (χ3v) is 2.75. The number of phenolic OH excluding ortho intramolecular Hbond substituents is 1. The standard InChI is InChI=1S/C14H10ClNO2/c1-18-14-3-2-11(15)7-13(14)10-4-9(8-16)5-12(17)6-10/h2-7,17H,1H3. The van der Waals surface area contributed by atoms with Gasteiger partial charge in [-0.15, -0.1) is 0 Å². The average Bonchev–Trinajstić information content (AvgIpc) is 2.38. The minimum absolute atomic E-state index is 0.0334. The Hall–Kier alpha value is -2.18. The van der Waals surface area contributed by atoms with E-state index in [9.17, 15) is 5.11 Å². The molecule has 1 N–H and O–H groups in total. The SMILES string of the molecule is COc1ccc(Cl)cc1-c1cc(O)cc(C#N)c1. The Morgan fingerprint density at radius 1 is 1.22 bits per heavy atom. The van der Waals surface area contributed by atoms with Crippen LogP contribution in [-0.2, 0) is 0 Å². The van der Waals surface area contributed by atoms with E-state index in [0.29, 0.717) is 21.9 Å². The molecule has 0 aromatic heterocycles. The van der Waals surface area contributed by atoms with E-state index in [4.69, 9.17) is 21.6 Å². The lowest BCUT2D eigenvalue weighted by atomic mass is 10.0. The number of hydrogen-bond acceptors (Lipinski definition) is 3. The zero-order chi connectivity index (χ0) is 13.1. The maximum atomic E-state index is 9.59. The van der Waals surface area contributed by atoms with E-state index < -0.39 is 0 Å². The van der Waals surface area contributed by atoms with Gasteiger partial charge in [0.05, 0.1) is 18.7 Å². The van der Waals surface area contributed by atoms with Crippen molar-refractivity contribution < 1.29 is 9.84 Å². The monoisotopic (exact) mass is 259 g/mol. The van der Waals surface area contributed by atoms with Crippen LogP contribution in [0.15, 0.2) is 36.4 Å². The van der Waals surface area contributed by atoms with Gasteiger partial charge in [0.1, 0.15) is 11.5 Å². The highest BCUT2D eigenvalue weighted by molar-refractivity contribution is 6.31. The van der Waals surface area contributed by atoms with Gasteiger partial charge in [-0.3, -0.25) is 0 Å². The first-order valence-electron chi connectivity index (χ1n) is 5.22. The summed E-state index contributed by atoms with van der Waals surface area (Å²) in [6.07, 6.45) is 0. The molecule has 0 aliphatic carbocycles. The van der Waals surface area contributed by atoms with Gasteiger partial charge >= 0.3 is 0 Å². The lowest BCUT2D eigenvalue weighted by molar-refractivity contribution is 0.416.